The molecule has 0 saturated carbocycles. The molecular formula is C17H19N9O6. The van der Waals surface area contributed by atoms with Crippen LogP contribution in [0.2, 0.25) is 0 Å². The predicted octanol–water partition coefficient (Wildman–Crippen LogP) is -0.00540. The molecule has 1 atom stereocenters. The number of nitrogens with zero attached hydrogens (tertiary/aromatic N) is 6. The van der Waals surface area contributed by atoms with Crippen molar-refractivity contribution in [3.63, 3.8) is 0 Å². The van der Waals surface area contributed by atoms with Gasteiger partial charge in [0.05, 0.1) is 19.9 Å². The molecule has 15 nitrogen and oxygen atoms in total. The second-order valence-corrected chi connectivity index (χ2v) is 6.42. The van der Waals surface area contributed by atoms with E-state index in [4.69, 9.17) is 19.9 Å². The van der Waals surface area contributed by atoms with E-state index >= 15 is 0 Å². The maximum Gasteiger partial charge on any atom is 0.422 e. The van der Waals surface area contributed by atoms with Gasteiger partial charge in [0, 0.05) is 31.2 Å². The highest BCUT2D eigenvalue weighted by Gasteiger charge is 2.33. The monoisotopic (exact) mass is 445 g/mol. The van der Waals surface area contributed by atoms with Crippen LogP contribution in [-0.2, 0) is 14.2 Å². The number of nitrogens with one attached hydrogen (secondary N) is 2. The molecule has 0 spiro atoms. The van der Waals surface area contributed by atoms with Crippen molar-refractivity contribution >= 4 is 29.6 Å². The van der Waals surface area contributed by atoms with Gasteiger partial charge in [-0.3, -0.25) is 14.7 Å². The van der Waals surface area contributed by atoms with Crippen LogP contribution in [0.15, 0.2) is 42.2 Å². The van der Waals surface area contributed by atoms with E-state index in [9.17, 15) is 14.4 Å². The standard InChI is InChI=1S/C17H19N9O6/c18-14-22-12-11(13(27)23-14)21-10-26(12)17(32-16(29)25-5-3-20-9-25)31-7-1-6-30-15(28)24-4-2-19-8-24/h2-5,8-9,17,21H,1,6-7,10H2,(H3,18,22,23,27). The minimum atomic E-state index is -1.25. The number of carbonyl (C=O) groups is 2. The smallest absolute Gasteiger partial charge is 0.422 e. The van der Waals surface area contributed by atoms with Crippen LogP contribution < -0.4 is 21.5 Å². The van der Waals surface area contributed by atoms with Crippen molar-refractivity contribution < 1.29 is 23.8 Å². The van der Waals surface area contributed by atoms with E-state index in [1.165, 1.54) is 46.9 Å². The predicted molar refractivity (Wildman–Crippen MR) is 108 cm³/mol. The zero-order valence-corrected chi connectivity index (χ0v) is 16.6. The number of carbonyl (C=O) groups excluding carboxylic acids is 2. The number of ether oxygens (including phenoxy) is 3. The minimum absolute atomic E-state index is 0.0545. The lowest BCUT2D eigenvalue weighted by Gasteiger charge is -2.27. The van der Waals surface area contributed by atoms with Gasteiger partial charge in [0.1, 0.15) is 18.3 Å². The van der Waals surface area contributed by atoms with E-state index in [2.05, 4.69) is 25.3 Å². The van der Waals surface area contributed by atoms with Crippen molar-refractivity contribution in [2.45, 2.75) is 12.8 Å². The normalized spacial score (nSPS) is 13.3. The van der Waals surface area contributed by atoms with Gasteiger partial charge in [-0.25, -0.2) is 28.7 Å². The Morgan fingerprint density at radius 1 is 1.12 bits per heavy atom. The third kappa shape index (κ3) is 4.51. The molecule has 0 aliphatic carbocycles. The van der Waals surface area contributed by atoms with E-state index in [-0.39, 0.29) is 37.3 Å². The highest BCUT2D eigenvalue weighted by atomic mass is 16.7. The molecule has 4 N–H and O–H groups in total. The van der Waals surface area contributed by atoms with Crippen LogP contribution in [0.5, 0.6) is 0 Å². The Kier molecular flexibility index (Phi) is 5.98. The molecular weight excluding hydrogens is 426 g/mol. The number of nitrogen functional groups attached to an aromatic ring is 1. The second-order valence-electron chi connectivity index (χ2n) is 6.42. The number of fused-ring (bicyclic) bond motifs is 1. The van der Waals surface area contributed by atoms with Gasteiger partial charge in [-0.05, 0) is 0 Å². The third-order valence-electron chi connectivity index (χ3n) is 4.28. The van der Waals surface area contributed by atoms with E-state index in [0.29, 0.717) is 6.42 Å². The molecule has 32 heavy (non-hydrogen) atoms. The average molecular weight is 445 g/mol. The van der Waals surface area contributed by atoms with Gasteiger partial charge >= 0.3 is 12.2 Å². The van der Waals surface area contributed by atoms with Gasteiger partial charge < -0.3 is 25.3 Å². The average Bonchev–Trinajstić information content (AvgIpc) is 3.54. The summed E-state index contributed by atoms with van der Waals surface area (Å²) in [6.45, 7) is 0.189. The van der Waals surface area contributed by atoms with Crippen LogP contribution in [0.25, 0.3) is 0 Å². The molecule has 0 aromatic carbocycles. The molecule has 0 amide bonds. The van der Waals surface area contributed by atoms with Gasteiger partial charge in [-0.1, -0.05) is 0 Å². The molecule has 1 aliphatic rings. The number of anilines is 3. The Hall–Kier alpha value is -4.40. The molecule has 0 bridgehead atoms. The third-order valence-corrected chi connectivity index (χ3v) is 4.28. The lowest BCUT2D eigenvalue weighted by molar-refractivity contribution is -0.105. The Bertz CT molecular complexity index is 1130. The number of aromatic nitrogens is 6. The molecule has 0 saturated heterocycles. The number of rotatable bonds is 7. The number of hydrogen-bond donors (Lipinski definition) is 3. The van der Waals surface area contributed by atoms with Crippen LogP contribution in [-0.4, -0.2) is 67.6 Å². The molecule has 168 valence electrons. The topological polar surface area (TPSA) is 185 Å². The zero-order valence-electron chi connectivity index (χ0n) is 16.6. The number of aromatic amines is 1. The summed E-state index contributed by atoms with van der Waals surface area (Å²) < 4.78 is 18.6. The summed E-state index contributed by atoms with van der Waals surface area (Å²) >= 11 is 0. The first-order valence-corrected chi connectivity index (χ1v) is 9.39. The molecule has 15 heteroatoms. The van der Waals surface area contributed by atoms with E-state index in [0.717, 1.165) is 4.57 Å². The second kappa shape index (κ2) is 9.17. The fourth-order valence-electron chi connectivity index (χ4n) is 2.81. The maximum absolute atomic E-state index is 12.4. The summed E-state index contributed by atoms with van der Waals surface area (Å²) in [4.78, 5) is 51.8. The lowest BCUT2D eigenvalue weighted by atomic mass is 10.4. The number of imidazole rings is 2. The Morgan fingerprint density at radius 3 is 2.53 bits per heavy atom. The highest BCUT2D eigenvalue weighted by Crippen LogP contribution is 2.28. The van der Waals surface area contributed by atoms with Crippen LogP contribution in [0.4, 0.5) is 27.0 Å². The zero-order chi connectivity index (χ0) is 22.5. The van der Waals surface area contributed by atoms with E-state index in [1.807, 2.05) is 0 Å². The SMILES string of the molecule is Nc1nc2c(c(=O)[nH]1)NCN2C(OCCCOC(=O)n1ccnc1)OC(=O)n1ccnc1. The van der Waals surface area contributed by atoms with Crippen LogP contribution >= 0.6 is 0 Å². The quantitative estimate of drug-likeness (QED) is 0.327. The highest BCUT2D eigenvalue weighted by molar-refractivity contribution is 5.73. The summed E-state index contributed by atoms with van der Waals surface area (Å²) in [6.07, 6.45) is 6.05. The molecule has 4 rings (SSSR count). The molecule has 3 aromatic rings. The Labute approximate surface area is 179 Å². The molecule has 0 fully saturated rings. The van der Waals surface area contributed by atoms with E-state index in [1.54, 1.807) is 0 Å². The summed E-state index contributed by atoms with van der Waals surface area (Å²) in [7, 11) is 0. The van der Waals surface area contributed by atoms with Crippen molar-refractivity contribution in [2.24, 2.45) is 0 Å². The number of hydrogen-bond acceptors (Lipinski definition) is 12. The summed E-state index contributed by atoms with van der Waals surface area (Å²) in [5.74, 6) is 0.0646. The Balaban J connectivity index is 1.40. The van der Waals surface area contributed by atoms with Crippen LogP contribution in [0.3, 0.4) is 0 Å². The molecule has 1 aliphatic heterocycles. The van der Waals surface area contributed by atoms with Gasteiger partial charge in [-0.2, -0.15) is 4.98 Å². The minimum Gasteiger partial charge on any atom is -0.449 e. The van der Waals surface area contributed by atoms with Gasteiger partial charge in [-0.15, -0.1) is 0 Å². The number of nitrogens with two attached hydrogens (primary N) is 1. The fraction of sp³-hybridized carbons (Fsp3) is 0.294. The largest absolute Gasteiger partial charge is 0.449 e. The lowest BCUT2D eigenvalue weighted by Crippen LogP contribution is -2.42. The molecule has 1 unspecified atom stereocenters. The van der Waals surface area contributed by atoms with Crippen LogP contribution in [0, 0.1) is 0 Å². The molecule has 3 aromatic heterocycles. The van der Waals surface area contributed by atoms with Gasteiger partial charge in [0.25, 0.3) is 12.0 Å². The summed E-state index contributed by atoms with van der Waals surface area (Å²) in [5.41, 5.74) is 5.34. The fourth-order valence-corrected chi connectivity index (χ4v) is 2.81. The number of H-pyrrole nitrogens is 1. The van der Waals surface area contributed by atoms with Gasteiger partial charge in [0.15, 0.2) is 5.82 Å². The van der Waals surface area contributed by atoms with Gasteiger partial charge in [0.2, 0.25) is 5.95 Å². The summed E-state index contributed by atoms with van der Waals surface area (Å²) in [5, 5.41) is 2.86. The Morgan fingerprint density at radius 2 is 1.84 bits per heavy atom. The first-order chi connectivity index (χ1) is 15.5. The molecule has 0 radical (unpaired) electrons. The van der Waals surface area contributed by atoms with Crippen molar-refractivity contribution in [3.8, 4) is 0 Å². The first-order valence-electron chi connectivity index (χ1n) is 9.39. The first kappa shape index (κ1) is 20.9. The van der Waals surface area contributed by atoms with Crippen molar-refractivity contribution in [2.75, 3.05) is 35.8 Å². The van der Waals surface area contributed by atoms with E-state index < -0.39 is 24.2 Å². The van der Waals surface area contributed by atoms with Crippen molar-refractivity contribution in [1.82, 2.24) is 29.1 Å². The summed E-state index contributed by atoms with van der Waals surface area (Å²) in [6, 6.07) is 0. The van der Waals surface area contributed by atoms with Crippen molar-refractivity contribution in [1.29, 1.82) is 0 Å². The van der Waals surface area contributed by atoms with Crippen molar-refractivity contribution in [3.05, 3.63) is 47.8 Å². The molecule has 4 heterocycles. The van der Waals surface area contributed by atoms with Crippen LogP contribution in [0.1, 0.15) is 6.42 Å². The maximum atomic E-state index is 12.4.